The van der Waals surface area contributed by atoms with Crippen molar-refractivity contribution in [3.8, 4) is 0 Å². The van der Waals surface area contributed by atoms with E-state index in [1.54, 1.807) is 11.3 Å². The molecule has 8 heteroatoms. The quantitative estimate of drug-likeness (QED) is 0.548. The number of thiophene rings is 1. The van der Waals surface area contributed by atoms with Gasteiger partial charge in [0.2, 0.25) is 5.13 Å². The number of hydrogen-bond donors (Lipinski definition) is 2. The number of thioether (sulfide) groups is 1. The van der Waals surface area contributed by atoms with Gasteiger partial charge in [-0.15, -0.1) is 21.5 Å². The van der Waals surface area contributed by atoms with Crippen LogP contribution in [0.3, 0.4) is 0 Å². The molecule has 3 rings (SSSR count). The van der Waals surface area contributed by atoms with E-state index in [0.29, 0.717) is 19.0 Å². The molecule has 0 saturated carbocycles. The lowest BCUT2D eigenvalue weighted by Crippen LogP contribution is -2.17. The Morgan fingerprint density at radius 2 is 2.04 bits per heavy atom. The van der Waals surface area contributed by atoms with Gasteiger partial charge in [0.15, 0.2) is 4.34 Å². The summed E-state index contributed by atoms with van der Waals surface area (Å²) in [6.07, 6.45) is -0.524. The number of nitrogens with zero attached hydrogens (tertiary/aromatic N) is 2. The number of aromatic nitrogens is 2. The molecule has 0 saturated heterocycles. The highest BCUT2D eigenvalue weighted by molar-refractivity contribution is 8.01. The van der Waals surface area contributed by atoms with Gasteiger partial charge in [-0.2, -0.15) is 0 Å². The number of para-hydroxylation sites is 1. The zero-order valence-corrected chi connectivity index (χ0v) is 15.2. The molecule has 0 radical (unpaired) electrons. The average Bonchev–Trinajstić information content (AvgIpc) is 3.26. The smallest absolute Gasteiger partial charge is 0.210 e. The summed E-state index contributed by atoms with van der Waals surface area (Å²) in [6.45, 7) is 0.863. The first-order valence-corrected chi connectivity index (χ1v) is 10.0. The number of benzene rings is 1. The molecule has 0 aliphatic carbocycles. The molecular formula is C16H17N3O2S3. The molecular weight excluding hydrogens is 362 g/mol. The molecule has 2 aromatic heterocycles. The van der Waals surface area contributed by atoms with E-state index in [1.807, 2.05) is 47.8 Å². The van der Waals surface area contributed by atoms with Gasteiger partial charge in [-0.05, 0) is 23.6 Å². The average molecular weight is 380 g/mol. The summed E-state index contributed by atoms with van der Waals surface area (Å²) >= 11 is 4.61. The third kappa shape index (κ3) is 5.57. The van der Waals surface area contributed by atoms with E-state index >= 15 is 0 Å². The number of aliphatic hydroxyl groups is 1. The van der Waals surface area contributed by atoms with Gasteiger partial charge < -0.3 is 15.2 Å². The molecule has 0 spiro atoms. The Labute approximate surface area is 152 Å². The molecule has 3 aromatic rings. The summed E-state index contributed by atoms with van der Waals surface area (Å²) in [5.41, 5.74) is 0.979. The molecule has 0 aliphatic rings. The van der Waals surface area contributed by atoms with E-state index in [1.165, 1.54) is 23.1 Å². The maximum Gasteiger partial charge on any atom is 0.210 e. The number of nitrogens with one attached hydrogen (secondary N) is 1. The van der Waals surface area contributed by atoms with Crippen LogP contribution in [0.4, 0.5) is 10.8 Å². The molecule has 2 N–H and O–H groups in total. The molecule has 5 nitrogen and oxygen atoms in total. The fraction of sp³-hybridized carbons (Fsp3) is 0.250. The van der Waals surface area contributed by atoms with E-state index < -0.39 is 6.10 Å². The second-order valence-electron chi connectivity index (χ2n) is 4.92. The van der Waals surface area contributed by atoms with Crippen LogP contribution >= 0.6 is 34.4 Å². The minimum Gasteiger partial charge on any atom is -0.390 e. The van der Waals surface area contributed by atoms with Crippen molar-refractivity contribution in [1.82, 2.24) is 10.2 Å². The summed E-state index contributed by atoms with van der Waals surface area (Å²) in [6, 6.07) is 13.9. The maximum atomic E-state index is 9.98. The molecule has 0 bridgehead atoms. The third-order valence-corrected chi connectivity index (χ3v) is 5.93. The summed E-state index contributed by atoms with van der Waals surface area (Å²) in [5, 5.41) is 24.2. The summed E-state index contributed by atoms with van der Waals surface area (Å²) in [4.78, 5) is 1.16. The minimum atomic E-state index is -0.524. The third-order valence-electron chi connectivity index (χ3n) is 2.97. The van der Waals surface area contributed by atoms with Crippen molar-refractivity contribution in [3.63, 3.8) is 0 Å². The Kier molecular flexibility index (Phi) is 6.62. The van der Waals surface area contributed by atoms with E-state index in [4.69, 9.17) is 4.74 Å². The Morgan fingerprint density at radius 3 is 2.83 bits per heavy atom. The van der Waals surface area contributed by atoms with Crippen LogP contribution in [-0.2, 0) is 11.3 Å². The zero-order valence-electron chi connectivity index (χ0n) is 12.8. The molecule has 1 atom stereocenters. The number of rotatable bonds is 9. The monoisotopic (exact) mass is 379 g/mol. The van der Waals surface area contributed by atoms with Gasteiger partial charge in [0.25, 0.3) is 0 Å². The first-order chi connectivity index (χ1) is 11.8. The Bertz CT molecular complexity index is 719. The number of aliphatic hydroxyl groups excluding tert-OH is 1. The molecule has 0 fully saturated rings. The summed E-state index contributed by atoms with van der Waals surface area (Å²) in [5.74, 6) is 0.532. The van der Waals surface area contributed by atoms with Crippen molar-refractivity contribution in [3.05, 3.63) is 52.7 Å². The minimum absolute atomic E-state index is 0.318. The van der Waals surface area contributed by atoms with E-state index in [9.17, 15) is 5.11 Å². The number of anilines is 2. The molecule has 126 valence electrons. The van der Waals surface area contributed by atoms with Gasteiger partial charge in [-0.3, -0.25) is 0 Å². The van der Waals surface area contributed by atoms with E-state index in [2.05, 4.69) is 15.5 Å². The van der Waals surface area contributed by atoms with Crippen molar-refractivity contribution >= 4 is 45.3 Å². The van der Waals surface area contributed by atoms with E-state index in [0.717, 1.165) is 20.0 Å². The second-order valence-corrected chi connectivity index (χ2v) is 8.20. The topological polar surface area (TPSA) is 67.3 Å². The number of hydrogen-bond acceptors (Lipinski definition) is 8. The normalized spacial score (nSPS) is 12.2. The first-order valence-electron chi connectivity index (χ1n) is 7.36. The lowest BCUT2D eigenvalue weighted by Gasteiger charge is -2.09. The largest absolute Gasteiger partial charge is 0.390 e. The Balaban J connectivity index is 1.38. The van der Waals surface area contributed by atoms with Crippen molar-refractivity contribution in [1.29, 1.82) is 0 Å². The Hall–Kier alpha value is -1.45. The van der Waals surface area contributed by atoms with Crippen LogP contribution in [0.5, 0.6) is 0 Å². The molecule has 0 aliphatic heterocycles. The second kappa shape index (κ2) is 9.14. The van der Waals surface area contributed by atoms with Crippen LogP contribution in [0.15, 0.2) is 52.2 Å². The fourth-order valence-corrected chi connectivity index (χ4v) is 4.21. The maximum absolute atomic E-state index is 9.98. The van der Waals surface area contributed by atoms with Crippen molar-refractivity contribution < 1.29 is 9.84 Å². The summed E-state index contributed by atoms with van der Waals surface area (Å²) in [7, 11) is 0. The van der Waals surface area contributed by atoms with Crippen LogP contribution in [0.1, 0.15) is 4.88 Å². The molecule has 24 heavy (non-hydrogen) atoms. The highest BCUT2D eigenvalue weighted by Gasteiger charge is 2.10. The SMILES string of the molecule is O[C@@H](COCc1cccs1)CSc1nnc(Nc2ccccc2)s1. The van der Waals surface area contributed by atoms with Gasteiger partial charge in [0, 0.05) is 16.3 Å². The van der Waals surface area contributed by atoms with Crippen LogP contribution in [0.25, 0.3) is 0 Å². The van der Waals surface area contributed by atoms with Gasteiger partial charge in [0.1, 0.15) is 0 Å². The summed E-state index contributed by atoms with van der Waals surface area (Å²) < 4.78 is 6.34. The van der Waals surface area contributed by atoms with Gasteiger partial charge in [0.05, 0.1) is 19.3 Å². The van der Waals surface area contributed by atoms with Crippen molar-refractivity contribution in [2.75, 3.05) is 17.7 Å². The first kappa shape index (κ1) is 17.4. The van der Waals surface area contributed by atoms with Gasteiger partial charge in [-0.1, -0.05) is 47.4 Å². The van der Waals surface area contributed by atoms with Crippen molar-refractivity contribution in [2.45, 2.75) is 17.1 Å². The van der Waals surface area contributed by atoms with Gasteiger partial charge >= 0.3 is 0 Å². The van der Waals surface area contributed by atoms with Crippen LogP contribution in [0.2, 0.25) is 0 Å². The standard InChI is InChI=1S/C16H17N3O2S3/c20-13(9-21-10-14-7-4-8-22-14)11-23-16-19-18-15(24-16)17-12-5-2-1-3-6-12/h1-8,13,20H,9-11H2,(H,17,18)/t13-/m0/s1. The molecule has 2 heterocycles. The predicted octanol–water partition coefficient (Wildman–Crippen LogP) is 4.01. The molecule has 0 amide bonds. The lowest BCUT2D eigenvalue weighted by molar-refractivity contribution is 0.0409. The number of ether oxygens (including phenoxy) is 1. The van der Waals surface area contributed by atoms with Crippen LogP contribution in [-0.4, -0.2) is 33.8 Å². The van der Waals surface area contributed by atoms with Crippen LogP contribution in [0, 0.1) is 0 Å². The van der Waals surface area contributed by atoms with Gasteiger partial charge in [-0.25, -0.2) is 0 Å². The zero-order chi connectivity index (χ0) is 16.6. The lowest BCUT2D eigenvalue weighted by atomic mass is 10.3. The Morgan fingerprint density at radius 1 is 1.17 bits per heavy atom. The fourth-order valence-electron chi connectivity index (χ4n) is 1.87. The van der Waals surface area contributed by atoms with Crippen molar-refractivity contribution in [2.24, 2.45) is 0 Å². The highest BCUT2D eigenvalue weighted by atomic mass is 32.2. The van der Waals surface area contributed by atoms with Crippen LogP contribution < -0.4 is 5.32 Å². The predicted molar refractivity (Wildman–Crippen MR) is 100 cm³/mol. The molecule has 1 aromatic carbocycles. The van der Waals surface area contributed by atoms with E-state index in [-0.39, 0.29) is 0 Å². The molecule has 0 unspecified atom stereocenters. The highest BCUT2D eigenvalue weighted by Crippen LogP contribution is 2.28.